The van der Waals surface area contributed by atoms with Gasteiger partial charge in [0.2, 0.25) is 0 Å². The summed E-state index contributed by atoms with van der Waals surface area (Å²) in [6, 6.07) is 8.60. The Labute approximate surface area is 124 Å². The molecule has 20 heavy (non-hydrogen) atoms. The summed E-state index contributed by atoms with van der Waals surface area (Å²) < 4.78 is 0. The molecule has 0 radical (unpaired) electrons. The highest BCUT2D eigenvalue weighted by atomic mass is 16.1. The SMILES string of the molecule is CC(=O)CCC[C@H](C)C/C=C/c1ccccc1C(C)C. The fourth-order valence-electron chi connectivity index (χ4n) is 2.43. The van der Waals surface area contributed by atoms with Crippen LogP contribution in [0.2, 0.25) is 0 Å². The maximum atomic E-state index is 10.9. The molecule has 0 aliphatic rings. The Morgan fingerprint density at radius 3 is 2.55 bits per heavy atom. The zero-order valence-electron chi connectivity index (χ0n) is 13.4. The first-order valence-corrected chi connectivity index (χ1v) is 7.75. The topological polar surface area (TPSA) is 17.1 Å². The molecule has 1 atom stereocenters. The van der Waals surface area contributed by atoms with E-state index >= 15 is 0 Å². The lowest BCUT2D eigenvalue weighted by Gasteiger charge is -2.10. The van der Waals surface area contributed by atoms with E-state index in [1.165, 1.54) is 11.1 Å². The van der Waals surface area contributed by atoms with Crippen LogP contribution in [0.4, 0.5) is 0 Å². The molecule has 0 aromatic heterocycles. The van der Waals surface area contributed by atoms with Gasteiger partial charge in [-0.3, -0.25) is 0 Å². The van der Waals surface area contributed by atoms with E-state index in [2.05, 4.69) is 57.2 Å². The predicted octanol–water partition coefficient (Wildman–Crippen LogP) is 5.61. The third kappa shape index (κ3) is 6.18. The van der Waals surface area contributed by atoms with Gasteiger partial charge in [0.15, 0.2) is 0 Å². The highest BCUT2D eigenvalue weighted by Gasteiger charge is 2.04. The molecule has 0 bridgehead atoms. The smallest absolute Gasteiger partial charge is 0.129 e. The maximum Gasteiger partial charge on any atom is 0.129 e. The number of allylic oxidation sites excluding steroid dienone is 1. The molecule has 0 saturated heterocycles. The quantitative estimate of drug-likeness (QED) is 0.601. The first-order valence-electron chi connectivity index (χ1n) is 7.75. The van der Waals surface area contributed by atoms with Gasteiger partial charge in [-0.1, -0.05) is 57.2 Å². The molecule has 1 rings (SSSR count). The summed E-state index contributed by atoms with van der Waals surface area (Å²) >= 11 is 0. The Morgan fingerprint density at radius 1 is 1.20 bits per heavy atom. The van der Waals surface area contributed by atoms with Gasteiger partial charge >= 0.3 is 0 Å². The van der Waals surface area contributed by atoms with Gasteiger partial charge in [-0.25, -0.2) is 0 Å². The summed E-state index contributed by atoms with van der Waals surface area (Å²) in [6.07, 6.45) is 8.49. The molecule has 0 aliphatic heterocycles. The minimum absolute atomic E-state index is 0.304. The van der Waals surface area contributed by atoms with Crippen LogP contribution in [0.5, 0.6) is 0 Å². The van der Waals surface area contributed by atoms with Crippen molar-refractivity contribution in [3.63, 3.8) is 0 Å². The van der Waals surface area contributed by atoms with Gasteiger partial charge in [0, 0.05) is 6.42 Å². The van der Waals surface area contributed by atoms with E-state index in [-0.39, 0.29) is 0 Å². The van der Waals surface area contributed by atoms with Crippen LogP contribution in [0, 0.1) is 5.92 Å². The van der Waals surface area contributed by atoms with Gasteiger partial charge < -0.3 is 4.79 Å². The largest absolute Gasteiger partial charge is 0.300 e. The molecule has 0 N–H and O–H groups in total. The van der Waals surface area contributed by atoms with Crippen molar-refractivity contribution in [1.82, 2.24) is 0 Å². The second-order valence-corrected chi connectivity index (χ2v) is 6.12. The molecular formula is C19H28O. The van der Waals surface area contributed by atoms with Crippen LogP contribution in [-0.2, 0) is 4.79 Å². The number of hydrogen-bond acceptors (Lipinski definition) is 1. The van der Waals surface area contributed by atoms with Gasteiger partial charge in [-0.15, -0.1) is 0 Å². The summed E-state index contributed by atoms with van der Waals surface area (Å²) in [5, 5.41) is 0. The van der Waals surface area contributed by atoms with Crippen LogP contribution in [0.1, 0.15) is 70.4 Å². The number of rotatable bonds is 8. The van der Waals surface area contributed by atoms with Gasteiger partial charge in [-0.05, 0) is 49.1 Å². The summed E-state index contributed by atoms with van der Waals surface area (Å²) in [6.45, 7) is 8.40. The molecule has 110 valence electrons. The number of Topliss-reactive ketones (excluding diaryl/α,β-unsaturated/α-hetero) is 1. The molecule has 0 amide bonds. The van der Waals surface area contributed by atoms with E-state index < -0.39 is 0 Å². The van der Waals surface area contributed by atoms with Crippen LogP contribution in [0.3, 0.4) is 0 Å². The van der Waals surface area contributed by atoms with E-state index in [1.807, 2.05) is 0 Å². The summed E-state index contributed by atoms with van der Waals surface area (Å²) in [4.78, 5) is 10.9. The van der Waals surface area contributed by atoms with Crippen molar-refractivity contribution in [2.75, 3.05) is 0 Å². The van der Waals surface area contributed by atoms with Crippen LogP contribution in [-0.4, -0.2) is 5.78 Å². The molecule has 1 aromatic carbocycles. The number of ketones is 1. The Morgan fingerprint density at radius 2 is 1.90 bits per heavy atom. The van der Waals surface area contributed by atoms with Crippen LogP contribution < -0.4 is 0 Å². The molecule has 1 nitrogen and oxygen atoms in total. The third-order valence-electron chi connectivity index (χ3n) is 3.68. The van der Waals surface area contributed by atoms with E-state index in [0.29, 0.717) is 17.6 Å². The van der Waals surface area contributed by atoms with E-state index in [0.717, 1.165) is 25.7 Å². The Kier molecular flexibility index (Phi) is 7.28. The standard InChI is InChI=1S/C19H28O/c1-15(2)19-14-6-5-12-18(19)13-8-10-16(3)9-7-11-17(4)20/h5-6,8,12-16H,7,9-11H2,1-4H3/b13-8+/t16-/m0/s1. The number of carbonyl (C=O) groups is 1. The zero-order chi connectivity index (χ0) is 15.0. The molecular weight excluding hydrogens is 244 g/mol. The fraction of sp³-hybridized carbons (Fsp3) is 0.526. The molecule has 1 heteroatoms. The maximum absolute atomic E-state index is 10.9. The molecule has 0 saturated carbocycles. The predicted molar refractivity (Wildman–Crippen MR) is 87.9 cm³/mol. The Balaban J connectivity index is 2.46. The average molecular weight is 272 g/mol. The van der Waals surface area contributed by atoms with Crippen molar-refractivity contribution >= 4 is 11.9 Å². The fourth-order valence-corrected chi connectivity index (χ4v) is 2.43. The minimum atomic E-state index is 0.304. The zero-order valence-corrected chi connectivity index (χ0v) is 13.4. The second-order valence-electron chi connectivity index (χ2n) is 6.12. The number of hydrogen-bond donors (Lipinski definition) is 0. The molecule has 1 aromatic rings. The van der Waals surface area contributed by atoms with Crippen molar-refractivity contribution in [3.8, 4) is 0 Å². The Hall–Kier alpha value is -1.37. The van der Waals surface area contributed by atoms with Crippen molar-refractivity contribution in [2.45, 2.75) is 59.3 Å². The first-order chi connectivity index (χ1) is 9.50. The van der Waals surface area contributed by atoms with Crippen LogP contribution in [0.15, 0.2) is 30.3 Å². The van der Waals surface area contributed by atoms with E-state index in [1.54, 1.807) is 6.92 Å². The molecule has 0 aliphatic carbocycles. The molecule has 0 heterocycles. The monoisotopic (exact) mass is 272 g/mol. The lowest BCUT2D eigenvalue weighted by molar-refractivity contribution is -0.117. The highest BCUT2D eigenvalue weighted by Crippen LogP contribution is 2.21. The number of benzene rings is 1. The normalized spacial score (nSPS) is 13.1. The summed E-state index contributed by atoms with van der Waals surface area (Å²) in [5.41, 5.74) is 2.74. The molecule has 0 spiro atoms. The van der Waals surface area contributed by atoms with E-state index in [4.69, 9.17) is 0 Å². The van der Waals surface area contributed by atoms with Gasteiger partial charge in [-0.2, -0.15) is 0 Å². The van der Waals surface area contributed by atoms with Crippen molar-refractivity contribution < 1.29 is 4.79 Å². The van der Waals surface area contributed by atoms with Gasteiger partial charge in [0.05, 0.1) is 0 Å². The van der Waals surface area contributed by atoms with Crippen LogP contribution in [0.25, 0.3) is 6.08 Å². The van der Waals surface area contributed by atoms with Crippen molar-refractivity contribution in [1.29, 1.82) is 0 Å². The second kappa shape index (κ2) is 8.73. The third-order valence-corrected chi connectivity index (χ3v) is 3.68. The first kappa shape index (κ1) is 16.7. The van der Waals surface area contributed by atoms with Crippen molar-refractivity contribution in [2.24, 2.45) is 5.92 Å². The van der Waals surface area contributed by atoms with Gasteiger partial charge in [0.25, 0.3) is 0 Å². The highest BCUT2D eigenvalue weighted by molar-refractivity contribution is 5.75. The summed E-state index contributed by atoms with van der Waals surface area (Å²) in [7, 11) is 0. The lowest BCUT2D eigenvalue weighted by atomic mass is 9.95. The average Bonchev–Trinajstić information content (AvgIpc) is 2.38. The molecule has 0 fully saturated rings. The number of carbonyl (C=O) groups excluding carboxylic acids is 1. The van der Waals surface area contributed by atoms with Crippen LogP contribution >= 0.6 is 0 Å². The Bertz CT molecular complexity index is 443. The minimum Gasteiger partial charge on any atom is -0.300 e. The van der Waals surface area contributed by atoms with Gasteiger partial charge in [0.1, 0.15) is 5.78 Å². The van der Waals surface area contributed by atoms with E-state index in [9.17, 15) is 4.79 Å². The lowest BCUT2D eigenvalue weighted by Crippen LogP contribution is -1.96. The summed E-state index contributed by atoms with van der Waals surface area (Å²) in [5.74, 6) is 1.51. The van der Waals surface area contributed by atoms with Crippen molar-refractivity contribution in [3.05, 3.63) is 41.5 Å². The molecule has 0 unspecified atom stereocenters.